The van der Waals surface area contributed by atoms with Crippen LogP contribution in [-0.4, -0.2) is 16.7 Å². The zero-order valence-corrected chi connectivity index (χ0v) is 8.35. The quantitative estimate of drug-likeness (QED) is 0.723. The fourth-order valence-electron chi connectivity index (χ4n) is 1.87. The van der Waals surface area contributed by atoms with Gasteiger partial charge in [-0.1, -0.05) is 13.8 Å². The van der Waals surface area contributed by atoms with E-state index in [1.165, 1.54) is 23.4 Å². The van der Waals surface area contributed by atoms with Crippen molar-refractivity contribution in [2.75, 3.05) is 6.54 Å². The Balaban J connectivity index is 2.31. The van der Waals surface area contributed by atoms with Crippen molar-refractivity contribution < 1.29 is 0 Å². The maximum absolute atomic E-state index is 4.40. The van der Waals surface area contributed by atoms with Crippen LogP contribution < -0.4 is 5.32 Å². The molecule has 1 aliphatic rings. The molecule has 0 spiro atoms. The number of aromatic nitrogens is 2. The van der Waals surface area contributed by atoms with Crippen LogP contribution in [0.15, 0.2) is 0 Å². The summed E-state index contributed by atoms with van der Waals surface area (Å²) in [5.41, 5.74) is 4.05. The van der Waals surface area contributed by atoms with Crippen LogP contribution in [0.5, 0.6) is 0 Å². The van der Waals surface area contributed by atoms with Gasteiger partial charge in [-0.05, 0) is 24.9 Å². The summed E-state index contributed by atoms with van der Waals surface area (Å²) < 4.78 is 0. The zero-order valence-electron chi connectivity index (χ0n) is 8.35. The molecule has 1 aliphatic heterocycles. The highest BCUT2D eigenvalue weighted by Crippen LogP contribution is 2.24. The van der Waals surface area contributed by atoms with Crippen molar-refractivity contribution in [2.24, 2.45) is 0 Å². The minimum Gasteiger partial charge on any atom is -0.311 e. The number of hydrogen-bond donors (Lipinski definition) is 2. The molecule has 0 radical (unpaired) electrons. The summed E-state index contributed by atoms with van der Waals surface area (Å²) in [7, 11) is 0. The van der Waals surface area contributed by atoms with E-state index in [2.05, 4.69) is 29.4 Å². The van der Waals surface area contributed by atoms with E-state index in [1.54, 1.807) is 0 Å². The van der Waals surface area contributed by atoms with Gasteiger partial charge in [-0.15, -0.1) is 0 Å². The van der Waals surface area contributed by atoms with Crippen LogP contribution in [0.25, 0.3) is 0 Å². The molecular weight excluding hydrogens is 162 g/mol. The van der Waals surface area contributed by atoms with Gasteiger partial charge in [0.15, 0.2) is 0 Å². The second-order valence-electron chi connectivity index (χ2n) is 3.80. The largest absolute Gasteiger partial charge is 0.311 e. The summed E-state index contributed by atoms with van der Waals surface area (Å²) in [6.45, 7) is 6.51. The normalized spacial score (nSPS) is 18.3. The SMILES string of the molecule is CCC(C)c1n[nH]c2c1CCNC2. The van der Waals surface area contributed by atoms with Crippen molar-refractivity contribution in [2.45, 2.75) is 39.2 Å². The summed E-state index contributed by atoms with van der Waals surface area (Å²) in [5.74, 6) is 0.595. The third kappa shape index (κ3) is 1.48. The highest BCUT2D eigenvalue weighted by molar-refractivity contribution is 5.29. The lowest BCUT2D eigenvalue weighted by Gasteiger charge is -2.14. The second-order valence-corrected chi connectivity index (χ2v) is 3.80. The smallest absolute Gasteiger partial charge is 0.0685 e. The van der Waals surface area contributed by atoms with Gasteiger partial charge in [0.25, 0.3) is 0 Å². The monoisotopic (exact) mass is 179 g/mol. The summed E-state index contributed by atoms with van der Waals surface area (Å²) >= 11 is 0. The number of H-pyrrole nitrogens is 1. The number of nitrogens with one attached hydrogen (secondary N) is 2. The molecule has 13 heavy (non-hydrogen) atoms. The lowest BCUT2D eigenvalue weighted by Crippen LogP contribution is -2.23. The predicted molar refractivity (Wildman–Crippen MR) is 52.7 cm³/mol. The van der Waals surface area contributed by atoms with Gasteiger partial charge in [-0.3, -0.25) is 5.10 Å². The Morgan fingerprint density at radius 3 is 3.15 bits per heavy atom. The standard InChI is InChI=1S/C10H17N3/c1-3-7(2)10-8-4-5-11-6-9(8)12-13-10/h7,11H,3-6H2,1-2H3,(H,12,13). The van der Waals surface area contributed by atoms with Crippen molar-refractivity contribution >= 4 is 0 Å². The fraction of sp³-hybridized carbons (Fsp3) is 0.700. The molecule has 2 N–H and O–H groups in total. The lowest BCUT2D eigenvalue weighted by molar-refractivity contribution is 0.625. The van der Waals surface area contributed by atoms with Crippen LogP contribution in [-0.2, 0) is 13.0 Å². The van der Waals surface area contributed by atoms with E-state index in [0.29, 0.717) is 5.92 Å². The molecule has 3 nitrogen and oxygen atoms in total. The fourth-order valence-corrected chi connectivity index (χ4v) is 1.87. The number of aromatic amines is 1. The van der Waals surface area contributed by atoms with Gasteiger partial charge in [-0.25, -0.2) is 0 Å². The highest BCUT2D eigenvalue weighted by Gasteiger charge is 2.19. The van der Waals surface area contributed by atoms with Crippen LogP contribution in [0.2, 0.25) is 0 Å². The van der Waals surface area contributed by atoms with Gasteiger partial charge >= 0.3 is 0 Å². The first kappa shape index (κ1) is 8.75. The first-order valence-corrected chi connectivity index (χ1v) is 5.09. The van der Waals surface area contributed by atoms with Gasteiger partial charge < -0.3 is 5.32 Å². The van der Waals surface area contributed by atoms with E-state index in [-0.39, 0.29) is 0 Å². The Labute approximate surface area is 78.9 Å². The van der Waals surface area contributed by atoms with Crippen molar-refractivity contribution in [3.05, 3.63) is 17.0 Å². The van der Waals surface area contributed by atoms with Crippen molar-refractivity contribution in [3.63, 3.8) is 0 Å². The molecule has 1 aromatic heterocycles. The first-order valence-electron chi connectivity index (χ1n) is 5.09. The minimum atomic E-state index is 0.595. The molecule has 0 amide bonds. The average molecular weight is 179 g/mol. The van der Waals surface area contributed by atoms with E-state index < -0.39 is 0 Å². The van der Waals surface area contributed by atoms with Crippen LogP contribution in [0.3, 0.4) is 0 Å². The molecule has 72 valence electrons. The van der Waals surface area contributed by atoms with Gasteiger partial charge in [-0.2, -0.15) is 5.10 Å². The average Bonchev–Trinajstić information content (AvgIpc) is 2.60. The lowest BCUT2D eigenvalue weighted by atomic mass is 9.96. The minimum absolute atomic E-state index is 0.595. The molecule has 2 rings (SSSR count). The summed E-state index contributed by atoms with van der Waals surface area (Å²) in [5, 5.41) is 10.9. The van der Waals surface area contributed by atoms with E-state index in [4.69, 9.17) is 0 Å². The van der Waals surface area contributed by atoms with Crippen LogP contribution in [0.4, 0.5) is 0 Å². The topological polar surface area (TPSA) is 40.7 Å². The van der Waals surface area contributed by atoms with Crippen molar-refractivity contribution in [3.8, 4) is 0 Å². The molecule has 0 fully saturated rings. The van der Waals surface area contributed by atoms with E-state index in [0.717, 1.165) is 19.5 Å². The molecule has 2 heterocycles. The Kier molecular flexibility index (Phi) is 2.36. The third-order valence-corrected chi connectivity index (χ3v) is 2.92. The predicted octanol–water partition coefficient (Wildman–Crippen LogP) is 1.57. The molecule has 3 heteroatoms. The number of hydrogen-bond acceptors (Lipinski definition) is 2. The number of fused-ring (bicyclic) bond motifs is 1. The zero-order chi connectivity index (χ0) is 9.26. The van der Waals surface area contributed by atoms with Crippen molar-refractivity contribution in [1.29, 1.82) is 0 Å². The summed E-state index contributed by atoms with van der Waals surface area (Å²) in [4.78, 5) is 0. The second kappa shape index (κ2) is 3.50. The number of rotatable bonds is 2. The molecule has 1 atom stereocenters. The Hall–Kier alpha value is -0.830. The molecule has 0 aliphatic carbocycles. The first-order chi connectivity index (χ1) is 6.33. The maximum atomic E-state index is 4.40. The van der Waals surface area contributed by atoms with Crippen LogP contribution >= 0.6 is 0 Å². The molecular formula is C10H17N3. The number of nitrogens with zero attached hydrogens (tertiary/aromatic N) is 1. The molecule has 1 aromatic rings. The molecule has 1 unspecified atom stereocenters. The van der Waals surface area contributed by atoms with E-state index in [9.17, 15) is 0 Å². The van der Waals surface area contributed by atoms with Gasteiger partial charge in [0.1, 0.15) is 0 Å². The Morgan fingerprint density at radius 2 is 2.38 bits per heavy atom. The maximum Gasteiger partial charge on any atom is 0.0685 e. The van der Waals surface area contributed by atoms with E-state index in [1.807, 2.05) is 0 Å². The summed E-state index contributed by atoms with van der Waals surface area (Å²) in [6, 6.07) is 0. The summed E-state index contributed by atoms with van der Waals surface area (Å²) in [6.07, 6.45) is 2.30. The molecule has 0 aromatic carbocycles. The van der Waals surface area contributed by atoms with Crippen molar-refractivity contribution in [1.82, 2.24) is 15.5 Å². The Bertz CT molecular complexity index is 290. The Morgan fingerprint density at radius 1 is 1.54 bits per heavy atom. The molecule has 0 saturated heterocycles. The van der Waals surface area contributed by atoms with Gasteiger partial charge in [0.05, 0.1) is 11.4 Å². The molecule has 0 saturated carbocycles. The van der Waals surface area contributed by atoms with Crippen LogP contribution in [0.1, 0.15) is 43.1 Å². The van der Waals surface area contributed by atoms with Gasteiger partial charge in [0.2, 0.25) is 0 Å². The van der Waals surface area contributed by atoms with Gasteiger partial charge in [0, 0.05) is 12.5 Å². The van der Waals surface area contributed by atoms with E-state index >= 15 is 0 Å². The highest BCUT2D eigenvalue weighted by atomic mass is 15.1. The third-order valence-electron chi connectivity index (χ3n) is 2.92. The van der Waals surface area contributed by atoms with Crippen LogP contribution in [0, 0.1) is 0 Å². The molecule has 0 bridgehead atoms.